The monoisotopic (exact) mass is 293 g/mol. The van der Waals surface area contributed by atoms with Gasteiger partial charge in [-0.2, -0.15) is 10.2 Å². The Bertz CT molecular complexity index is 528. The Morgan fingerprint density at radius 2 is 2.10 bits per heavy atom. The van der Waals surface area contributed by atoms with Crippen LogP contribution in [0.3, 0.4) is 0 Å². The van der Waals surface area contributed by atoms with Gasteiger partial charge in [-0.15, -0.1) is 0 Å². The van der Waals surface area contributed by atoms with Crippen molar-refractivity contribution in [3.8, 4) is 0 Å². The number of oxime groups is 1. The molecule has 0 spiro atoms. The SMILES string of the molecule is Cc1cc(C(=O)N(CC/C(N)=N/O)CC(C)C)c(C)nn1. The van der Waals surface area contributed by atoms with Crippen LogP contribution in [-0.2, 0) is 0 Å². The lowest BCUT2D eigenvalue weighted by molar-refractivity contribution is 0.0739. The summed E-state index contributed by atoms with van der Waals surface area (Å²) in [6.07, 6.45) is 0.325. The average molecular weight is 293 g/mol. The van der Waals surface area contributed by atoms with E-state index >= 15 is 0 Å². The molecule has 0 fully saturated rings. The topological polar surface area (TPSA) is 105 Å². The summed E-state index contributed by atoms with van der Waals surface area (Å²) < 4.78 is 0. The van der Waals surface area contributed by atoms with Gasteiger partial charge in [-0.25, -0.2) is 0 Å². The van der Waals surface area contributed by atoms with Gasteiger partial charge in [0.15, 0.2) is 0 Å². The highest BCUT2D eigenvalue weighted by Crippen LogP contribution is 2.12. The number of aromatic nitrogens is 2. The Labute approximate surface area is 124 Å². The molecule has 0 aliphatic heterocycles. The van der Waals surface area contributed by atoms with Crippen LogP contribution in [0.5, 0.6) is 0 Å². The second-order valence-corrected chi connectivity index (χ2v) is 5.47. The first kappa shape index (κ1) is 16.9. The first-order chi connectivity index (χ1) is 9.85. The molecular weight excluding hydrogens is 270 g/mol. The van der Waals surface area contributed by atoms with Crippen LogP contribution in [0.4, 0.5) is 0 Å². The molecule has 0 saturated carbocycles. The summed E-state index contributed by atoms with van der Waals surface area (Å²) in [5.41, 5.74) is 7.33. The van der Waals surface area contributed by atoms with Crippen LogP contribution in [0.2, 0.25) is 0 Å². The van der Waals surface area contributed by atoms with Crippen molar-refractivity contribution in [2.24, 2.45) is 16.8 Å². The zero-order valence-corrected chi connectivity index (χ0v) is 13.0. The minimum absolute atomic E-state index is 0.107. The number of nitrogens with zero attached hydrogens (tertiary/aromatic N) is 4. The van der Waals surface area contributed by atoms with E-state index in [1.54, 1.807) is 24.8 Å². The Morgan fingerprint density at radius 3 is 2.67 bits per heavy atom. The maximum Gasteiger partial charge on any atom is 0.255 e. The van der Waals surface area contributed by atoms with Gasteiger partial charge in [0.1, 0.15) is 5.84 Å². The van der Waals surface area contributed by atoms with E-state index in [4.69, 9.17) is 10.9 Å². The van der Waals surface area contributed by atoms with Crippen molar-refractivity contribution in [3.05, 3.63) is 23.0 Å². The molecule has 0 unspecified atom stereocenters. The predicted molar refractivity (Wildman–Crippen MR) is 80.3 cm³/mol. The summed E-state index contributed by atoms with van der Waals surface area (Å²) in [6.45, 7) is 8.62. The summed E-state index contributed by atoms with van der Waals surface area (Å²) in [4.78, 5) is 14.4. The molecule has 0 radical (unpaired) electrons. The van der Waals surface area contributed by atoms with Gasteiger partial charge < -0.3 is 15.8 Å². The molecule has 0 atom stereocenters. The molecule has 1 aromatic heterocycles. The molecule has 1 aromatic rings. The third-order valence-electron chi connectivity index (χ3n) is 2.97. The van der Waals surface area contributed by atoms with Crippen molar-refractivity contribution in [2.45, 2.75) is 34.1 Å². The maximum absolute atomic E-state index is 12.7. The van der Waals surface area contributed by atoms with Crippen LogP contribution in [0.1, 0.15) is 42.0 Å². The number of amidine groups is 1. The number of carbonyl (C=O) groups is 1. The maximum atomic E-state index is 12.7. The fourth-order valence-corrected chi connectivity index (χ4v) is 1.95. The summed E-state index contributed by atoms with van der Waals surface area (Å²) in [5, 5.41) is 19.5. The largest absolute Gasteiger partial charge is 0.409 e. The van der Waals surface area contributed by atoms with E-state index in [9.17, 15) is 4.79 Å². The average Bonchev–Trinajstić information content (AvgIpc) is 2.44. The lowest BCUT2D eigenvalue weighted by Gasteiger charge is -2.25. The Morgan fingerprint density at radius 1 is 1.43 bits per heavy atom. The third kappa shape index (κ3) is 5.02. The van der Waals surface area contributed by atoms with Gasteiger partial charge in [-0.05, 0) is 25.8 Å². The summed E-state index contributed by atoms with van der Waals surface area (Å²) in [7, 11) is 0. The molecule has 0 bridgehead atoms. The molecule has 116 valence electrons. The van der Waals surface area contributed by atoms with Crippen LogP contribution in [0, 0.1) is 19.8 Å². The van der Waals surface area contributed by atoms with Crippen molar-refractivity contribution >= 4 is 11.7 Å². The zero-order valence-electron chi connectivity index (χ0n) is 13.0. The summed E-state index contributed by atoms with van der Waals surface area (Å²) >= 11 is 0. The van der Waals surface area contributed by atoms with Crippen molar-refractivity contribution in [2.75, 3.05) is 13.1 Å². The van der Waals surface area contributed by atoms with Crippen LogP contribution in [0.25, 0.3) is 0 Å². The zero-order chi connectivity index (χ0) is 16.0. The Balaban J connectivity index is 2.96. The third-order valence-corrected chi connectivity index (χ3v) is 2.97. The van der Waals surface area contributed by atoms with E-state index in [1.807, 2.05) is 13.8 Å². The highest BCUT2D eigenvalue weighted by Gasteiger charge is 2.20. The van der Waals surface area contributed by atoms with E-state index < -0.39 is 0 Å². The molecule has 7 heteroatoms. The first-order valence-corrected chi connectivity index (χ1v) is 6.91. The molecule has 3 N–H and O–H groups in total. The quantitative estimate of drug-likeness (QED) is 0.356. The Hall–Kier alpha value is -2.18. The lowest BCUT2D eigenvalue weighted by Crippen LogP contribution is -2.37. The van der Waals surface area contributed by atoms with E-state index in [1.165, 1.54) is 0 Å². The highest BCUT2D eigenvalue weighted by molar-refractivity contribution is 5.95. The minimum Gasteiger partial charge on any atom is -0.409 e. The van der Waals surface area contributed by atoms with E-state index in [2.05, 4.69) is 15.4 Å². The number of amides is 1. The van der Waals surface area contributed by atoms with Crippen LogP contribution >= 0.6 is 0 Å². The fourth-order valence-electron chi connectivity index (χ4n) is 1.95. The van der Waals surface area contributed by atoms with Gasteiger partial charge in [-0.3, -0.25) is 4.79 Å². The van der Waals surface area contributed by atoms with E-state index in [0.29, 0.717) is 42.4 Å². The van der Waals surface area contributed by atoms with Gasteiger partial charge in [0.25, 0.3) is 5.91 Å². The number of carbonyl (C=O) groups excluding carboxylic acids is 1. The number of hydrogen-bond acceptors (Lipinski definition) is 5. The molecule has 21 heavy (non-hydrogen) atoms. The standard InChI is InChI=1S/C14H23N5O2/c1-9(2)8-19(6-5-13(15)18-21)14(20)12-7-10(3)16-17-11(12)4/h7,9,21H,5-6,8H2,1-4H3,(H2,15,18). The second-order valence-electron chi connectivity index (χ2n) is 5.47. The molecular formula is C14H23N5O2. The van der Waals surface area contributed by atoms with Crippen LogP contribution in [-0.4, -0.2) is 45.1 Å². The molecule has 0 aromatic carbocycles. The van der Waals surface area contributed by atoms with Gasteiger partial charge in [-0.1, -0.05) is 19.0 Å². The predicted octanol–water partition coefficient (Wildman–Crippen LogP) is 1.33. The van der Waals surface area contributed by atoms with Crippen LogP contribution in [0.15, 0.2) is 11.2 Å². The van der Waals surface area contributed by atoms with E-state index in [-0.39, 0.29) is 11.7 Å². The van der Waals surface area contributed by atoms with Gasteiger partial charge >= 0.3 is 0 Å². The molecule has 1 heterocycles. The van der Waals surface area contributed by atoms with Gasteiger partial charge in [0.05, 0.1) is 17.0 Å². The number of nitrogens with two attached hydrogens (primary N) is 1. The van der Waals surface area contributed by atoms with Gasteiger partial charge in [0, 0.05) is 19.5 Å². The molecule has 0 aliphatic rings. The molecule has 0 saturated heterocycles. The molecule has 0 aliphatic carbocycles. The van der Waals surface area contributed by atoms with E-state index in [0.717, 1.165) is 0 Å². The Kier molecular flexibility index (Phi) is 6.08. The number of hydrogen-bond donors (Lipinski definition) is 2. The minimum atomic E-state index is -0.107. The van der Waals surface area contributed by atoms with Crippen molar-refractivity contribution in [1.29, 1.82) is 0 Å². The number of rotatable bonds is 6. The normalized spacial score (nSPS) is 11.8. The first-order valence-electron chi connectivity index (χ1n) is 6.91. The summed E-state index contributed by atoms with van der Waals surface area (Å²) in [5.74, 6) is 0.319. The van der Waals surface area contributed by atoms with Crippen molar-refractivity contribution in [3.63, 3.8) is 0 Å². The second kappa shape index (κ2) is 7.56. The van der Waals surface area contributed by atoms with Crippen molar-refractivity contribution < 1.29 is 10.0 Å². The molecule has 1 amide bonds. The summed E-state index contributed by atoms with van der Waals surface area (Å²) in [6, 6.07) is 1.74. The smallest absolute Gasteiger partial charge is 0.255 e. The fraction of sp³-hybridized carbons (Fsp3) is 0.571. The lowest BCUT2D eigenvalue weighted by atomic mass is 10.1. The van der Waals surface area contributed by atoms with Crippen LogP contribution < -0.4 is 5.73 Å². The molecule has 1 rings (SSSR count). The van der Waals surface area contributed by atoms with Gasteiger partial charge in [0.2, 0.25) is 0 Å². The van der Waals surface area contributed by atoms with Crippen molar-refractivity contribution in [1.82, 2.24) is 15.1 Å². The molecule has 7 nitrogen and oxygen atoms in total. The number of aryl methyl sites for hydroxylation is 2. The highest BCUT2D eigenvalue weighted by atomic mass is 16.4.